The lowest BCUT2D eigenvalue weighted by molar-refractivity contribution is -0.166. The fourth-order valence-corrected chi connectivity index (χ4v) is 5.64. The maximum Gasteiger partial charge on any atom is 0.280 e. The van der Waals surface area contributed by atoms with Gasteiger partial charge in [-0.15, -0.1) is 0 Å². The van der Waals surface area contributed by atoms with Gasteiger partial charge in [-0.25, -0.2) is 4.98 Å². The fourth-order valence-electron chi connectivity index (χ4n) is 3.70. The summed E-state index contributed by atoms with van der Waals surface area (Å²) < 4.78 is 14.6. The van der Waals surface area contributed by atoms with Crippen molar-refractivity contribution in [3.05, 3.63) is 16.7 Å². The predicted molar refractivity (Wildman–Crippen MR) is 105 cm³/mol. The molecule has 1 fully saturated rings. The van der Waals surface area contributed by atoms with Gasteiger partial charge in [0.2, 0.25) is 5.95 Å². The van der Waals surface area contributed by atoms with Crippen molar-refractivity contribution in [2.75, 3.05) is 12.3 Å². The molecule has 1 saturated heterocycles. The average molecular weight is 396 g/mol. The van der Waals surface area contributed by atoms with Crippen LogP contribution in [0.1, 0.15) is 34.1 Å². The summed E-state index contributed by atoms with van der Waals surface area (Å²) in [5, 5.41) is 9.35. The van der Waals surface area contributed by atoms with Crippen molar-refractivity contribution in [2.45, 2.75) is 69.9 Å². The third-order valence-electron chi connectivity index (χ3n) is 5.11. The van der Waals surface area contributed by atoms with E-state index in [0.29, 0.717) is 12.1 Å². The van der Waals surface area contributed by atoms with Crippen LogP contribution < -0.4 is 11.3 Å². The Bertz CT molecular complexity index is 905. The van der Waals surface area contributed by atoms with Crippen LogP contribution in [-0.4, -0.2) is 57.3 Å². The maximum atomic E-state index is 12.2. The molecule has 150 valence electrons. The zero-order chi connectivity index (χ0) is 20.2. The number of aliphatic hydroxyl groups excluding tert-OH is 1. The van der Waals surface area contributed by atoms with Crippen LogP contribution in [-0.2, 0) is 14.8 Å². The molecule has 0 unspecified atom stereocenters. The summed E-state index contributed by atoms with van der Waals surface area (Å²) in [7, 11) is -1.58. The van der Waals surface area contributed by atoms with Gasteiger partial charge in [-0.1, -0.05) is 13.1 Å². The zero-order valence-corrected chi connectivity index (χ0v) is 17.9. The summed E-state index contributed by atoms with van der Waals surface area (Å²) in [5.74, 6) is 0.0280. The van der Waals surface area contributed by atoms with E-state index in [4.69, 9.17) is 15.2 Å². The van der Waals surface area contributed by atoms with E-state index in [1.807, 2.05) is 32.3 Å². The topological polar surface area (TPSA) is 128 Å². The molecule has 10 heteroatoms. The van der Waals surface area contributed by atoms with Gasteiger partial charge in [-0.2, -0.15) is 4.98 Å². The Labute approximate surface area is 159 Å². The first kappa shape index (κ1) is 20.0. The van der Waals surface area contributed by atoms with Gasteiger partial charge < -0.3 is 20.3 Å². The van der Waals surface area contributed by atoms with Gasteiger partial charge in [0.05, 0.1) is 33.4 Å². The van der Waals surface area contributed by atoms with Crippen molar-refractivity contribution < 1.29 is 14.6 Å². The third-order valence-corrected chi connectivity index (χ3v) is 7.55. The first-order valence-electron chi connectivity index (χ1n) is 9.14. The number of nitrogens with zero attached hydrogens (tertiary/aromatic N) is 3. The van der Waals surface area contributed by atoms with E-state index in [9.17, 15) is 9.90 Å². The molecule has 0 spiro atoms. The lowest BCUT2D eigenvalue weighted by atomic mass is 9.99. The number of nitrogens with two attached hydrogens (primary N) is 1. The van der Waals surface area contributed by atoms with E-state index in [1.165, 1.54) is 0 Å². The van der Waals surface area contributed by atoms with E-state index in [2.05, 4.69) is 28.0 Å². The van der Waals surface area contributed by atoms with Crippen molar-refractivity contribution in [3.63, 3.8) is 0 Å². The summed E-state index contributed by atoms with van der Waals surface area (Å²) in [5.41, 5.74) is 4.70. The molecule has 1 aliphatic rings. The second kappa shape index (κ2) is 6.40. The second-order valence-electron chi connectivity index (χ2n) is 8.73. The molecule has 9 nitrogen and oxygen atoms in total. The lowest BCUT2D eigenvalue weighted by Gasteiger charge is -2.36. The van der Waals surface area contributed by atoms with Crippen LogP contribution in [0.4, 0.5) is 5.95 Å². The van der Waals surface area contributed by atoms with E-state index >= 15 is 0 Å². The quantitative estimate of drug-likeness (QED) is 0.651. The summed E-state index contributed by atoms with van der Waals surface area (Å²) >= 11 is 0. The standard InChI is InChI=1S/C17H29N5O4Si/c1-15(2,3)25-10-7-17(27(5)6,26-16(10,4)8-23)22-9-19-11-12(22)20-14(18)21-13(11)24/h9-10,23,27H,7-8H2,1-6H3,(H3,18,20,21,24)/t10-,16+,17-/m0/s1. The molecule has 2 aromatic heterocycles. The Morgan fingerprint density at radius 1 is 1.52 bits per heavy atom. The Morgan fingerprint density at radius 2 is 2.19 bits per heavy atom. The number of imidazole rings is 1. The molecule has 3 atom stereocenters. The van der Waals surface area contributed by atoms with E-state index < -0.39 is 25.3 Å². The number of anilines is 1. The average Bonchev–Trinajstić information content (AvgIpc) is 3.07. The number of hydrogen-bond donors (Lipinski definition) is 3. The van der Waals surface area contributed by atoms with Gasteiger partial charge in [0.15, 0.2) is 11.2 Å². The minimum absolute atomic E-state index is 0.0280. The molecule has 4 N–H and O–H groups in total. The summed E-state index contributed by atoms with van der Waals surface area (Å²) in [6.07, 6.45) is 1.79. The Hall–Kier alpha value is -1.75. The van der Waals surface area contributed by atoms with E-state index in [0.717, 1.165) is 0 Å². The van der Waals surface area contributed by atoms with Gasteiger partial charge in [-0.05, 0) is 27.7 Å². The first-order valence-corrected chi connectivity index (χ1v) is 12.0. The Morgan fingerprint density at radius 3 is 2.74 bits per heavy atom. The largest absolute Gasteiger partial charge is 0.393 e. The molecule has 0 radical (unpaired) electrons. The molecule has 2 aromatic rings. The molecule has 0 aromatic carbocycles. The van der Waals surface area contributed by atoms with Gasteiger partial charge in [0, 0.05) is 6.42 Å². The van der Waals surface area contributed by atoms with E-state index in [-0.39, 0.29) is 29.7 Å². The highest BCUT2D eigenvalue weighted by molar-refractivity contribution is 6.58. The lowest BCUT2D eigenvalue weighted by Crippen LogP contribution is -2.48. The minimum atomic E-state index is -1.58. The molecular weight excluding hydrogens is 366 g/mol. The van der Waals surface area contributed by atoms with Gasteiger partial charge in [0.1, 0.15) is 10.9 Å². The van der Waals surface area contributed by atoms with Gasteiger partial charge >= 0.3 is 0 Å². The normalized spacial score (nSPS) is 29.1. The van der Waals surface area contributed by atoms with Crippen LogP contribution in [0.5, 0.6) is 0 Å². The highest BCUT2D eigenvalue weighted by Gasteiger charge is 2.57. The number of hydrogen-bond acceptors (Lipinski definition) is 7. The molecule has 1 aliphatic heterocycles. The van der Waals surface area contributed by atoms with E-state index in [1.54, 1.807) is 6.33 Å². The van der Waals surface area contributed by atoms with Crippen molar-refractivity contribution in [1.82, 2.24) is 19.5 Å². The number of ether oxygens (including phenoxy) is 2. The minimum Gasteiger partial charge on any atom is -0.393 e. The zero-order valence-electron chi connectivity index (χ0n) is 16.7. The number of nitrogen functional groups attached to an aromatic ring is 1. The number of aromatic nitrogens is 4. The Kier molecular flexibility index (Phi) is 4.74. The van der Waals surface area contributed by atoms with Crippen LogP contribution in [0.2, 0.25) is 13.1 Å². The number of aromatic amines is 1. The van der Waals surface area contributed by atoms with Crippen LogP contribution in [0, 0.1) is 0 Å². The monoisotopic (exact) mass is 395 g/mol. The molecule has 0 aliphatic carbocycles. The highest BCUT2D eigenvalue weighted by atomic mass is 28.3. The smallest absolute Gasteiger partial charge is 0.280 e. The molecule has 27 heavy (non-hydrogen) atoms. The number of nitrogens with one attached hydrogen (secondary N) is 1. The number of H-pyrrole nitrogens is 1. The number of rotatable bonds is 4. The number of aliphatic hydroxyl groups is 1. The molecule has 0 bridgehead atoms. The SMILES string of the molecule is C[SiH](C)[C@]1(n2cnc3c(=O)[nH]c(N)nc32)C[C@H](OC(C)(C)C)[C@@](C)(CO)O1. The molecular formula is C17H29N5O4Si. The van der Waals surface area contributed by atoms with Crippen LogP contribution in [0.15, 0.2) is 11.1 Å². The molecule has 3 rings (SSSR count). The number of fused-ring (bicyclic) bond motifs is 1. The van der Waals surface area contributed by atoms with Gasteiger partial charge in [0.25, 0.3) is 5.56 Å². The van der Waals surface area contributed by atoms with Gasteiger partial charge in [-0.3, -0.25) is 14.3 Å². The van der Waals surface area contributed by atoms with Crippen molar-refractivity contribution in [2.24, 2.45) is 0 Å². The van der Waals surface area contributed by atoms with Crippen molar-refractivity contribution in [3.8, 4) is 0 Å². The van der Waals surface area contributed by atoms with Crippen LogP contribution in [0.25, 0.3) is 11.2 Å². The summed E-state index contributed by atoms with van der Waals surface area (Å²) in [4.78, 5) is 23.2. The maximum absolute atomic E-state index is 12.2. The first-order chi connectivity index (χ1) is 12.4. The molecule has 0 amide bonds. The molecule has 3 heterocycles. The second-order valence-corrected chi connectivity index (χ2v) is 11.9. The van der Waals surface area contributed by atoms with Crippen molar-refractivity contribution >= 4 is 25.9 Å². The summed E-state index contributed by atoms with van der Waals surface area (Å²) in [6.45, 7) is 11.9. The summed E-state index contributed by atoms with van der Waals surface area (Å²) in [6, 6.07) is 0. The Balaban J connectivity index is 2.17. The fraction of sp³-hybridized carbons (Fsp3) is 0.706. The van der Waals surface area contributed by atoms with Crippen LogP contribution in [0.3, 0.4) is 0 Å². The van der Waals surface area contributed by atoms with Crippen LogP contribution >= 0.6 is 0 Å². The van der Waals surface area contributed by atoms with Crippen molar-refractivity contribution in [1.29, 1.82) is 0 Å². The third kappa shape index (κ3) is 3.31. The predicted octanol–water partition coefficient (Wildman–Crippen LogP) is 0.735. The molecule has 0 saturated carbocycles. The highest BCUT2D eigenvalue weighted by Crippen LogP contribution is 2.46.